The number of halogens is 1. The Bertz CT molecular complexity index is 1470. The summed E-state index contributed by atoms with van der Waals surface area (Å²) in [4.78, 5) is 30.3. The van der Waals surface area contributed by atoms with Crippen LogP contribution in [0.3, 0.4) is 0 Å². The first-order chi connectivity index (χ1) is 18.1. The van der Waals surface area contributed by atoms with Crippen LogP contribution in [0.15, 0.2) is 82.7 Å². The van der Waals surface area contributed by atoms with Gasteiger partial charge in [0.15, 0.2) is 6.61 Å². The molecule has 3 aromatic carbocycles. The number of hydrogen-bond acceptors (Lipinski definition) is 5. The second-order valence-electron chi connectivity index (χ2n) is 9.10. The van der Waals surface area contributed by atoms with Crippen molar-refractivity contribution >= 4 is 40.3 Å². The van der Waals surface area contributed by atoms with Gasteiger partial charge in [0.2, 0.25) is 0 Å². The Labute approximate surface area is 219 Å². The van der Waals surface area contributed by atoms with E-state index >= 15 is 0 Å². The zero-order valence-electron chi connectivity index (χ0n) is 20.3. The minimum atomic E-state index is -0.272. The number of benzene rings is 3. The van der Waals surface area contributed by atoms with Gasteiger partial charge >= 0.3 is 0 Å². The van der Waals surface area contributed by atoms with Gasteiger partial charge in [0, 0.05) is 16.6 Å². The van der Waals surface area contributed by atoms with Gasteiger partial charge in [0.05, 0.1) is 17.1 Å². The number of nitrogens with zero attached hydrogens (tertiary/aromatic N) is 3. The smallest absolute Gasteiger partial charge is 0.282 e. The topological polar surface area (TPSA) is 85.6 Å². The van der Waals surface area contributed by atoms with Crippen LogP contribution >= 0.6 is 11.6 Å². The van der Waals surface area contributed by atoms with Gasteiger partial charge in [0.1, 0.15) is 11.6 Å². The van der Waals surface area contributed by atoms with Gasteiger partial charge in [0.25, 0.3) is 11.5 Å². The van der Waals surface area contributed by atoms with E-state index in [4.69, 9.17) is 21.3 Å². The minimum absolute atomic E-state index is 0.126. The SMILES string of the molecule is O=C(COc1ccc(C=Nn2c(C3CCCCC3)nc3ccccc3c2=O)cc1)Nc1ccc(Cl)cc1. The van der Waals surface area contributed by atoms with Crippen molar-refractivity contribution < 1.29 is 9.53 Å². The first-order valence-electron chi connectivity index (χ1n) is 12.4. The summed E-state index contributed by atoms with van der Waals surface area (Å²) in [5.41, 5.74) is 2.00. The number of hydrogen-bond donors (Lipinski definition) is 1. The number of nitrogens with one attached hydrogen (secondary N) is 1. The van der Waals surface area contributed by atoms with E-state index < -0.39 is 0 Å². The normalized spacial score (nSPS) is 14.2. The molecular formula is C29H27ClN4O3. The summed E-state index contributed by atoms with van der Waals surface area (Å²) in [6.07, 6.45) is 7.17. The number of fused-ring (bicyclic) bond motifs is 1. The van der Waals surface area contributed by atoms with Crippen molar-refractivity contribution in [3.05, 3.63) is 99.6 Å². The maximum absolute atomic E-state index is 13.3. The predicted molar refractivity (Wildman–Crippen MR) is 147 cm³/mol. The molecular weight excluding hydrogens is 488 g/mol. The monoisotopic (exact) mass is 514 g/mol. The molecule has 0 aliphatic heterocycles. The Morgan fingerprint density at radius 3 is 2.51 bits per heavy atom. The number of carbonyl (C=O) groups is 1. The highest BCUT2D eigenvalue weighted by atomic mass is 35.5. The molecule has 1 heterocycles. The fraction of sp³-hybridized carbons (Fsp3) is 0.241. The number of rotatable bonds is 7. The molecule has 0 spiro atoms. The standard InChI is InChI=1S/C29H27ClN4O3/c30-22-12-14-23(15-13-22)32-27(35)19-37-24-16-10-20(11-17-24)18-31-34-28(21-6-2-1-3-7-21)33-26-9-5-4-8-25(26)29(34)36/h4-5,8-18,21H,1-3,6-7,19H2,(H,32,35). The van der Waals surface area contributed by atoms with E-state index in [0.29, 0.717) is 27.4 Å². The third-order valence-corrected chi connectivity index (χ3v) is 6.70. The quantitative estimate of drug-likeness (QED) is 0.307. The summed E-state index contributed by atoms with van der Waals surface area (Å²) >= 11 is 5.87. The van der Waals surface area contributed by atoms with Crippen LogP contribution in [0.5, 0.6) is 5.75 Å². The molecule has 1 amide bonds. The molecule has 0 saturated heterocycles. The second kappa shape index (κ2) is 11.4. The van der Waals surface area contributed by atoms with Crippen LogP contribution in [0.1, 0.15) is 49.4 Å². The lowest BCUT2D eigenvalue weighted by Gasteiger charge is -2.22. The molecule has 0 bridgehead atoms. The lowest BCUT2D eigenvalue weighted by molar-refractivity contribution is -0.118. The highest BCUT2D eigenvalue weighted by Crippen LogP contribution is 2.31. The van der Waals surface area contributed by atoms with Crippen LogP contribution in [0.25, 0.3) is 10.9 Å². The fourth-order valence-corrected chi connectivity index (χ4v) is 4.66. The van der Waals surface area contributed by atoms with Crippen molar-refractivity contribution in [2.45, 2.75) is 38.0 Å². The predicted octanol–water partition coefficient (Wildman–Crippen LogP) is 6.00. The number of aromatic nitrogens is 2. The Hall–Kier alpha value is -3.97. The van der Waals surface area contributed by atoms with Crippen LogP contribution in [0, 0.1) is 0 Å². The Morgan fingerprint density at radius 1 is 1.03 bits per heavy atom. The van der Waals surface area contributed by atoms with Crippen LogP contribution in [-0.4, -0.2) is 28.4 Å². The number of ether oxygens (including phenoxy) is 1. The Kier molecular flexibility index (Phi) is 7.61. The van der Waals surface area contributed by atoms with Crippen molar-refractivity contribution in [3.8, 4) is 5.75 Å². The number of anilines is 1. The third-order valence-electron chi connectivity index (χ3n) is 6.45. The van der Waals surface area contributed by atoms with Gasteiger partial charge in [-0.3, -0.25) is 9.59 Å². The molecule has 5 rings (SSSR count). The van der Waals surface area contributed by atoms with Crippen molar-refractivity contribution in [2.24, 2.45) is 5.10 Å². The Morgan fingerprint density at radius 2 is 1.76 bits per heavy atom. The summed E-state index contributed by atoms with van der Waals surface area (Å²) in [6, 6.07) is 21.5. The summed E-state index contributed by atoms with van der Waals surface area (Å²) in [6.45, 7) is -0.126. The average molecular weight is 515 g/mol. The minimum Gasteiger partial charge on any atom is -0.484 e. The first-order valence-corrected chi connectivity index (χ1v) is 12.8. The van der Waals surface area contributed by atoms with E-state index in [-0.39, 0.29) is 24.0 Å². The maximum atomic E-state index is 13.3. The highest BCUT2D eigenvalue weighted by Gasteiger charge is 2.22. The van der Waals surface area contributed by atoms with Gasteiger partial charge in [-0.1, -0.05) is 43.0 Å². The lowest BCUT2D eigenvalue weighted by atomic mass is 9.88. The maximum Gasteiger partial charge on any atom is 0.282 e. The fourth-order valence-electron chi connectivity index (χ4n) is 4.53. The molecule has 4 aromatic rings. The van der Waals surface area contributed by atoms with E-state index in [1.807, 2.05) is 30.3 Å². The molecule has 0 atom stereocenters. The van der Waals surface area contributed by atoms with Crippen molar-refractivity contribution in [2.75, 3.05) is 11.9 Å². The molecule has 8 heteroatoms. The second-order valence-corrected chi connectivity index (χ2v) is 9.53. The highest BCUT2D eigenvalue weighted by molar-refractivity contribution is 6.30. The zero-order valence-corrected chi connectivity index (χ0v) is 21.0. The van der Waals surface area contributed by atoms with Crippen LogP contribution < -0.4 is 15.6 Å². The molecule has 1 aliphatic carbocycles. The van der Waals surface area contributed by atoms with Crippen LogP contribution in [-0.2, 0) is 4.79 Å². The van der Waals surface area contributed by atoms with E-state index in [2.05, 4.69) is 10.4 Å². The van der Waals surface area contributed by atoms with E-state index in [1.54, 1.807) is 48.7 Å². The molecule has 0 unspecified atom stereocenters. The van der Waals surface area contributed by atoms with E-state index in [9.17, 15) is 9.59 Å². The van der Waals surface area contributed by atoms with Crippen LogP contribution in [0.4, 0.5) is 5.69 Å². The molecule has 0 radical (unpaired) electrons. The van der Waals surface area contributed by atoms with Gasteiger partial charge in [-0.2, -0.15) is 9.78 Å². The van der Waals surface area contributed by atoms with Crippen molar-refractivity contribution in [3.63, 3.8) is 0 Å². The first kappa shape index (κ1) is 24.7. The molecule has 37 heavy (non-hydrogen) atoms. The summed E-state index contributed by atoms with van der Waals surface area (Å²) < 4.78 is 7.06. The molecule has 1 N–H and O–H groups in total. The molecule has 7 nitrogen and oxygen atoms in total. The van der Waals surface area contributed by atoms with Crippen LogP contribution in [0.2, 0.25) is 5.02 Å². The van der Waals surface area contributed by atoms with E-state index in [0.717, 1.165) is 37.1 Å². The van der Waals surface area contributed by atoms with Gasteiger partial charge in [-0.25, -0.2) is 4.98 Å². The van der Waals surface area contributed by atoms with Gasteiger partial charge < -0.3 is 10.1 Å². The number of carbonyl (C=O) groups excluding carboxylic acids is 1. The summed E-state index contributed by atoms with van der Waals surface area (Å²) in [5, 5.41) is 8.47. The molecule has 1 aromatic heterocycles. The lowest BCUT2D eigenvalue weighted by Crippen LogP contribution is -2.25. The van der Waals surface area contributed by atoms with Crippen molar-refractivity contribution in [1.82, 2.24) is 9.66 Å². The Balaban J connectivity index is 1.29. The largest absolute Gasteiger partial charge is 0.484 e. The molecule has 188 valence electrons. The van der Waals surface area contributed by atoms with E-state index in [1.165, 1.54) is 11.1 Å². The number of amides is 1. The number of para-hydroxylation sites is 1. The summed E-state index contributed by atoms with van der Waals surface area (Å²) in [5.74, 6) is 1.23. The zero-order chi connectivity index (χ0) is 25.6. The van der Waals surface area contributed by atoms with Gasteiger partial charge in [-0.15, -0.1) is 0 Å². The molecule has 1 aliphatic rings. The summed E-state index contributed by atoms with van der Waals surface area (Å²) in [7, 11) is 0. The van der Waals surface area contributed by atoms with Gasteiger partial charge in [-0.05, 0) is 79.1 Å². The van der Waals surface area contributed by atoms with Crippen molar-refractivity contribution in [1.29, 1.82) is 0 Å². The molecule has 1 saturated carbocycles. The average Bonchev–Trinajstić information content (AvgIpc) is 2.94. The third kappa shape index (κ3) is 6.06. The molecule has 1 fully saturated rings.